The van der Waals surface area contributed by atoms with Gasteiger partial charge in [0.2, 0.25) is 0 Å². The van der Waals surface area contributed by atoms with Crippen LogP contribution in [0.25, 0.3) is 0 Å². The van der Waals surface area contributed by atoms with Gasteiger partial charge in [-0.05, 0) is 37.3 Å². The van der Waals surface area contributed by atoms with E-state index in [2.05, 4.69) is 16.2 Å². The van der Waals surface area contributed by atoms with Gasteiger partial charge in [0.05, 0.1) is 0 Å². The van der Waals surface area contributed by atoms with Crippen LogP contribution in [0.15, 0.2) is 29.7 Å². The second-order valence-electron chi connectivity index (χ2n) is 5.72. The lowest BCUT2D eigenvalue weighted by molar-refractivity contribution is 0.320. The van der Waals surface area contributed by atoms with Crippen molar-refractivity contribution < 1.29 is 7.95 Å². The number of rotatable bonds is 14. The van der Waals surface area contributed by atoms with Crippen molar-refractivity contribution in [3.63, 3.8) is 0 Å². The number of oxime groups is 1. The lowest BCUT2D eigenvalue weighted by Gasteiger charge is -2.03. The molecule has 0 radical (unpaired) electrons. The minimum atomic E-state index is -0.309. The predicted octanol–water partition coefficient (Wildman–Crippen LogP) is 5.77. The van der Waals surface area contributed by atoms with Crippen LogP contribution in [0.1, 0.15) is 85.3 Å². The van der Waals surface area contributed by atoms with Gasteiger partial charge in [-0.25, -0.2) is 0 Å². The SMILES string of the molecule is [2H]C(CCC/C=N/O)C([2H])CCCCCCCCc1cccnc1. The quantitative estimate of drug-likeness (QED) is 0.205. The van der Waals surface area contributed by atoms with Crippen LogP contribution in [-0.2, 0) is 6.42 Å². The summed E-state index contributed by atoms with van der Waals surface area (Å²) < 4.78 is 16.0. The Morgan fingerprint density at radius 1 is 1.00 bits per heavy atom. The summed E-state index contributed by atoms with van der Waals surface area (Å²) in [5.74, 6) is 0. The standard InChI is InChI=1S/C19H32N2O/c22-21-17-12-10-8-6-4-2-1-3-5-7-9-11-14-19-15-13-16-20-18-19/h13,15-18,22H,1-12,14H2/b21-17+/i4D,6D. The number of pyridine rings is 1. The molecule has 1 heterocycles. The summed E-state index contributed by atoms with van der Waals surface area (Å²) in [6.45, 7) is 0. The fourth-order valence-electron chi connectivity index (χ4n) is 2.46. The van der Waals surface area contributed by atoms with Crippen molar-refractivity contribution in [2.24, 2.45) is 5.16 Å². The van der Waals surface area contributed by atoms with Gasteiger partial charge < -0.3 is 5.21 Å². The predicted molar refractivity (Wildman–Crippen MR) is 93.6 cm³/mol. The first-order valence-electron chi connectivity index (χ1n) is 9.78. The van der Waals surface area contributed by atoms with E-state index in [1.165, 1.54) is 43.9 Å². The second-order valence-corrected chi connectivity index (χ2v) is 5.72. The van der Waals surface area contributed by atoms with Crippen LogP contribution < -0.4 is 0 Å². The third-order valence-corrected chi connectivity index (χ3v) is 3.76. The Hall–Kier alpha value is -1.38. The third-order valence-electron chi connectivity index (χ3n) is 3.76. The van der Waals surface area contributed by atoms with Crippen LogP contribution in [-0.4, -0.2) is 16.4 Å². The van der Waals surface area contributed by atoms with Crippen LogP contribution in [0.4, 0.5) is 0 Å². The molecule has 0 aromatic carbocycles. The van der Waals surface area contributed by atoms with Crippen LogP contribution in [0.2, 0.25) is 0 Å². The Labute approximate surface area is 138 Å². The Morgan fingerprint density at radius 3 is 2.36 bits per heavy atom. The van der Waals surface area contributed by atoms with Crippen molar-refractivity contribution >= 4 is 6.21 Å². The minimum Gasteiger partial charge on any atom is -0.411 e. The zero-order valence-corrected chi connectivity index (χ0v) is 13.7. The highest BCUT2D eigenvalue weighted by Gasteiger charge is 1.95. The first-order valence-corrected chi connectivity index (χ1v) is 8.63. The molecule has 3 heteroatoms. The van der Waals surface area contributed by atoms with Gasteiger partial charge in [0.25, 0.3) is 0 Å². The van der Waals surface area contributed by atoms with Crippen molar-refractivity contribution in [3.8, 4) is 0 Å². The Bertz CT molecular complexity index is 429. The molecule has 0 amide bonds. The Morgan fingerprint density at radius 2 is 1.68 bits per heavy atom. The molecular formula is C19H32N2O. The molecule has 0 saturated carbocycles. The number of hydrogen-bond donors (Lipinski definition) is 1. The highest BCUT2D eigenvalue weighted by molar-refractivity contribution is 5.55. The van der Waals surface area contributed by atoms with Gasteiger partial charge in [-0.2, -0.15) is 0 Å². The van der Waals surface area contributed by atoms with E-state index in [1.54, 1.807) is 0 Å². The molecule has 1 N–H and O–H groups in total. The molecule has 1 aromatic heterocycles. The number of nitrogens with zero attached hydrogens (tertiary/aromatic N) is 2. The van der Waals surface area contributed by atoms with E-state index in [0.29, 0.717) is 12.8 Å². The Balaban J connectivity index is 1.91. The summed E-state index contributed by atoms with van der Waals surface area (Å²) in [7, 11) is 0. The number of aromatic nitrogens is 1. The molecule has 1 aromatic rings. The van der Waals surface area contributed by atoms with Crippen LogP contribution >= 0.6 is 0 Å². The highest BCUT2D eigenvalue weighted by Crippen LogP contribution is 2.12. The summed E-state index contributed by atoms with van der Waals surface area (Å²) in [6.07, 6.45) is 16.0. The topological polar surface area (TPSA) is 45.5 Å². The van der Waals surface area contributed by atoms with Crippen molar-refractivity contribution in [1.82, 2.24) is 4.98 Å². The molecule has 3 nitrogen and oxygen atoms in total. The summed E-state index contributed by atoms with van der Waals surface area (Å²) in [6, 6.07) is 4.13. The van der Waals surface area contributed by atoms with Gasteiger partial charge in [0.1, 0.15) is 0 Å². The second kappa shape index (κ2) is 14.6. The number of hydrogen-bond acceptors (Lipinski definition) is 3. The van der Waals surface area contributed by atoms with Crippen LogP contribution in [0, 0.1) is 0 Å². The number of unbranched alkanes of at least 4 members (excludes halogenated alkanes) is 6. The molecule has 0 saturated heterocycles. The monoisotopic (exact) mass is 306 g/mol. The molecule has 0 fully saturated rings. The summed E-state index contributed by atoms with van der Waals surface area (Å²) in [5, 5.41) is 11.3. The minimum absolute atomic E-state index is 0.276. The van der Waals surface area contributed by atoms with E-state index in [9.17, 15) is 0 Å². The molecule has 0 aliphatic heterocycles. The average molecular weight is 306 g/mol. The molecule has 2 atom stereocenters. The first-order chi connectivity index (χ1) is 11.7. The van der Waals surface area contributed by atoms with E-state index < -0.39 is 0 Å². The van der Waals surface area contributed by atoms with Gasteiger partial charge >= 0.3 is 0 Å². The largest absolute Gasteiger partial charge is 0.411 e. The maximum absolute atomic E-state index is 8.30. The fourth-order valence-corrected chi connectivity index (χ4v) is 2.46. The smallest absolute Gasteiger partial charge is 0.0435 e. The van der Waals surface area contributed by atoms with Crippen molar-refractivity contribution in [1.29, 1.82) is 0 Å². The zero-order chi connectivity index (χ0) is 17.5. The normalized spacial score (nSPS) is 15.5. The van der Waals surface area contributed by atoms with Gasteiger partial charge in [-0.3, -0.25) is 4.98 Å². The zero-order valence-electron chi connectivity index (χ0n) is 15.7. The van der Waals surface area contributed by atoms with E-state index in [4.69, 9.17) is 7.95 Å². The molecule has 1 rings (SSSR count). The van der Waals surface area contributed by atoms with Crippen molar-refractivity contribution in [2.45, 2.75) is 83.4 Å². The van der Waals surface area contributed by atoms with Crippen molar-refractivity contribution in [3.05, 3.63) is 30.1 Å². The van der Waals surface area contributed by atoms with Gasteiger partial charge in [0, 0.05) is 21.3 Å². The number of aryl methyl sites for hydroxylation is 1. The van der Waals surface area contributed by atoms with Gasteiger partial charge in [-0.15, -0.1) is 5.16 Å². The first kappa shape index (κ1) is 15.5. The molecule has 124 valence electrons. The van der Waals surface area contributed by atoms with Gasteiger partial charge in [-0.1, -0.05) is 63.8 Å². The Kier molecular flexibility index (Phi) is 10.3. The van der Waals surface area contributed by atoms with E-state index in [-0.39, 0.29) is 12.8 Å². The van der Waals surface area contributed by atoms with Crippen molar-refractivity contribution in [2.75, 3.05) is 0 Å². The molecule has 0 aliphatic rings. The highest BCUT2D eigenvalue weighted by atomic mass is 16.4. The van der Waals surface area contributed by atoms with Crippen LogP contribution in [0.5, 0.6) is 0 Å². The van der Waals surface area contributed by atoms with E-state index in [0.717, 1.165) is 25.7 Å². The maximum Gasteiger partial charge on any atom is 0.0435 e. The molecule has 0 aliphatic carbocycles. The third kappa shape index (κ3) is 11.3. The molecule has 0 bridgehead atoms. The molecule has 22 heavy (non-hydrogen) atoms. The molecule has 2 unspecified atom stereocenters. The maximum atomic E-state index is 8.30. The van der Waals surface area contributed by atoms with E-state index >= 15 is 0 Å². The summed E-state index contributed by atoms with van der Waals surface area (Å²) in [4.78, 5) is 4.13. The lowest BCUT2D eigenvalue weighted by atomic mass is 10.0. The van der Waals surface area contributed by atoms with E-state index in [1.807, 2.05) is 18.5 Å². The molecular weight excluding hydrogens is 272 g/mol. The summed E-state index contributed by atoms with van der Waals surface area (Å²) in [5.41, 5.74) is 1.32. The molecule has 0 spiro atoms. The lowest BCUT2D eigenvalue weighted by Crippen LogP contribution is -1.87. The van der Waals surface area contributed by atoms with Gasteiger partial charge in [0.15, 0.2) is 0 Å². The average Bonchev–Trinajstić information content (AvgIpc) is 2.61. The summed E-state index contributed by atoms with van der Waals surface area (Å²) >= 11 is 0. The fraction of sp³-hybridized carbons (Fsp3) is 0.684. The van der Waals surface area contributed by atoms with Crippen LogP contribution in [0.3, 0.4) is 0 Å².